The van der Waals surface area contributed by atoms with Crippen LogP contribution in [0.1, 0.15) is 15.9 Å². The van der Waals surface area contributed by atoms with E-state index in [1.165, 1.54) is 43.5 Å². The van der Waals surface area contributed by atoms with Crippen LogP contribution in [0.4, 0.5) is 5.69 Å². The molecule has 0 fully saturated rings. The van der Waals surface area contributed by atoms with Crippen LogP contribution in [0.25, 0.3) is 0 Å². The first-order chi connectivity index (χ1) is 13.4. The number of oxime groups is 1. The van der Waals surface area contributed by atoms with Crippen LogP contribution in [-0.4, -0.2) is 36.2 Å². The minimum atomic E-state index is -1.17. The first-order valence-corrected chi connectivity index (χ1v) is 8.31. The molecule has 28 heavy (non-hydrogen) atoms. The molecule has 2 rings (SSSR count). The van der Waals surface area contributed by atoms with Crippen LogP contribution in [0.3, 0.4) is 0 Å². The number of rotatable bonds is 8. The minimum absolute atomic E-state index is 0.0185. The molecule has 0 aliphatic carbocycles. The maximum absolute atomic E-state index is 12.2. The fraction of sp³-hybridized carbons (Fsp3) is 0.167. The number of nitrogens with one attached hydrogen (secondary N) is 1. The highest BCUT2D eigenvalue weighted by molar-refractivity contribution is 6.31. The van der Waals surface area contributed by atoms with Gasteiger partial charge in [0.2, 0.25) is 0 Å². The SMILES string of the molecule is COC(=O)C(/C=N\OCc1ccc([N+](=O)[O-])cc1)NC(=O)c1cccc(Cl)c1. The Bertz CT molecular complexity index is 885. The van der Waals surface area contributed by atoms with E-state index in [9.17, 15) is 19.7 Å². The summed E-state index contributed by atoms with van der Waals surface area (Å²) >= 11 is 5.85. The molecule has 0 spiro atoms. The van der Waals surface area contributed by atoms with Gasteiger partial charge in [0.25, 0.3) is 11.6 Å². The molecule has 0 saturated carbocycles. The zero-order valence-corrected chi connectivity index (χ0v) is 15.5. The Morgan fingerprint density at radius 2 is 2.00 bits per heavy atom. The summed E-state index contributed by atoms with van der Waals surface area (Å²) in [7, 11) is 1.17. The zero-order valence-electron chi connectivity index (χ0n) is 14.7. The predicted molar refractivity (Wildman–Crippen MR) is 101 cm³/mol. The molecule has 10 heteroatoms. The van der Waals surface area contributed by atoms with E-state index in [4.69, 9.17) is 16.4 Å². The van der Waals surface area contributed by atoms with Crippen LogP contribution in [0.15, 0.2) is 53.7 Å². The van der Waals surface area contributed by atoms with Gasteiger partial charge in [-0.3, -0.25) is 14.9 Å². The van der Waals surface area contributed by atoms with E-state index in [2.05, 4.69) is 15.2 Å². The number of esters is 1. The highest BCUT2D eigenvalue weighted by atomic mass is 35.5. The molecule has 1 N–H and O–H groups in total. The molecule has 1 atom stereocenters. The van der Waals surface area contributed by atoms with Crippen molar-refractivity contribution in [2.24, 2.45) is 5.16 Å². The standard InChI is InChI=1S/C18H16ClN3O6/c1-27-18(24)16(21-17(23)13-3-2-4-14(19)9-13)10-20-28-11-12-5-7-15(8-6-12)22(25)26/h2-10,16H,11H2,1H3,(H,21,23)/b20-10-. The van der Waals surface area contributed by atoms with Crippen molar-refractivity contribution in [3.63, 3.8) is 0 Å². The van der Waals surface area contributed by atoms with Crippen molar-refractivity contribution in [2.45, 2.75) is 12.6 Å². The Morgan fingerprint density at radius 3 is 2.61 bits per heavy atom. The van der Waals surface area contributed by atoms with Crippen molar-refractivity contribution in [1.29, 1.82) is 0 Å². The van der Waals surface area contributed by atoms with Crippen LogP contribution >= 0.6 is 11.6 Å². The number of amides is 1. The van der Waals surface area contributed by atoms with E-state index in [-0.39, 0.29) is 17.9 Å². The first kappa shape index (κ1) is 20.8. The van der Waals surface area contributed by atoms with Gasteiger partial charge in [0.05, 0.1) is 18.2 Å². The van der Waals surface area contributed by atoms with Crippen LogP contribution in [0, 0.1) is 10.1 Å². The van der Waals surface area contributed by atoms with Crippen molar-refractivity contribution in [2.75, 3.05) is 7.11 Å². The Balaban J connectivity index is 1.96. The highest BCUT2D eigenvalue weighted by Gasteiger charge is 2.20. The van der Waals surface area contributed by atoms with Crippen LogP contribution in [0.5, 0.6) is 0 Å². The normalized spacial score (nSPS) is 11.6. The molecule has 1 amide bonds. The van der Waals surface area contributed by atoms with E-state index in [1.54, 1.807) is 12.1 Å². The molecule has 0 bridgehead atoms. The maximum Gasteiger partial charge on any atom is 0.334 e. The van der Waals surface area contributed by atoms with Gasteiger partial charge < -0.3 is 14.9 Å². The second-order valence-corrected chi connectivity index (χ2v) is 5.87. The first-order valence-electron chi connectivity index (χ1n) is 7.93. The second kappa shape index (κ2) is 10.0. The third-order valence-electron chi connectivity index (χ3n) is 3.49. The van der Waals surface area contributed by atoms with Crippen molar-refractivity contribution in [3.8, 4) is 0 Å². The third-order valence-corrected chi connectivity index (χ3v) is 3.73. The van der Waals surface area contributed by atoms with Gasteiger partial charge in [-0.25, -0.2) is 4.79 Å². The van der Waals surface area contributed by atoms with E-state index < -0.39 is 22.8 Å². The molecule has 0 saturated heterocycles. The number of benzene rings is 2. The van der Waals surface area contributed by atoms with Gasteiger partial charge in [-0.1, -0.05) is 22.8 Å². The molecule has 2 aromatic carbocycles. The summed E-state index contributed by atoms with van der Waals surface area (Å²) in [5.74, 6) is -1.28. The van der Waals surface area contributed by atoms with Gasteiger partial charge in [0, 0.05) is 22.7 Å². The van der Waals surface area contributed by atoms with E-state index in [0.717, 1.165) is 6.21 Å². The monoisotopic (exact) mass is 405 g/mol. The van der Waals surface area contributed by atoms with E-state index >= 15 is 0 Å². The molecular weight excluding hydrogens is 390 g/mol. The van der Waals surface area contributed by atoms with Crippen molar-refractivity contribution >= 4 is 35.4 Å². The predicted octanol–water partition coefficient (Wildman–Crippen LogP) is 2.72. The molecule has 1 unspecified atom stereocenters. The molecule has 9 nitrogen and oxygen atoms in total. The number of nitrogens with zero attached hydrogens (tertiary/aromatic N) is 2. The van der Waals surface area contributed by atoms with Gasteiger partial charge in [0.15, 0.2) is 6.04 Å². The van der Waals surface area contributed by atoms with Crippen molar-refractivity contribution < 1.29 is 24.1 Å². The quantitative estimate of drug-likeness (QED) is 0.312. The molecule has 2 aromatic rings. The number of hydrogen-bond donors (Lipinski definition) is 1. The topological polar surface area (TPSA) is 120 Å². The molecule has 0 aliphatic rings. The molecular formula is C18H16ClN3O6. The Hall–Kier alpha value is -3.46. The van der Waals surface area contributed by atoms with Crippen molar-refractivity contribution in [3.05, 3.63) is 74.8 Å². The lowest BCUT2D eigenvalue weighted by atomic mass is 10.2. The summed E-state index contributed by atoms with van der Waals surface area (Å²) in [5, 5.41) is 17.1. The largest absolute Gasteiger partial charge is 0.467 e. The highest BCUT2D eigenvalue weighted by Crippen LogP contribution is 2.13. The minimum Gasteiger partial charge on any atom is -0.467 e. The summed E-state index contributed by atoms with van der Waals surface area (Å²) in [6, 6.07) is 10.8. The number of non-ortho nitro benzene ring substituents is 1. The summed E-state index contributed by atoms with van der Waals surface area (Å²) in [5.41, 5.74) is 0.865. The lowest BCUT2D eigenvalue weighted by Crippen LogP contribution is -2.42. The maximum atomic E-state index is 12.2. The third kappa shape index (κ3) is 6.06. The molecule has 0 aliphatic heterocycles. The lowest BCUT2D eigenvalue weighted by molar-refractivity contribution is -0.384. The number of nitro benzene ring substituents is 1. The van der Waals surface area contributed by atoms with Gasteiger partial charge in [-0.15, -0.1) is 0 Å². The van der Waals surface area contributed by atoms with Gasteiger partial charge >= 0.3 is 5.97 Å². The van der Waals surface area contributed by atoms with Crippen LogP contribution in [-0.2, 0) is 21.0 Å². The van der Waals surface area contributed by atoms with Gasteiger partial charge in [-0.05, 0) is 35.9 Å². The second-order valence-electron chi connectivity index (χ2n) is 5.44. The van der Waals surface area contributed by atoms with Gasteiger partial charge in [-0.2, -0.15) is 0 Å². The van der Waals surface area contributed by atoms with Gasteiger partial charge in [0.1, 0.15) is 6.61 Å². The fourth-order valence-corrected chi connectivity index (χ4v) is 2.26. The average molecular weight is 406 g/mol. The van der Waals surface area contributed by atoms with Crippen molar-refractivity contribution in [1.82, 2.24) is 5.32 Å². The zero-order chi connectivity index (χ0) is 20.5. The van der Waals surface area contributed by atoms with Crippen LogP contribution < -0.4 is 5.32 Å². The van der Waals surface area contributed by atoms with E-state index in [1.807, 2.05) is 0 Å². The molecule has 0 heterocycles. The smallest absolute Gasteiger partial charge is 0.334 e. The molecule has 0 radical (unpaired) electrons. The molecule has 0 aromatic heterocycles. The Kier molecular flexibility index (Phi) is 7.46. The fourth-order valence-electron chi connectivity index (χ4n) is 2.07. The number of hydrogen-bond acceptors (Lipinski definition) is 7. The van der Waals surface area contributed by atoms with Crippen LogP contribution in [0.2, 0.25) is 5.02 Å². The molecule has 146 valence electrons. The number of ether oxygens (including phenoxy) is 1. The number of carbonyl (C=O) groups excluding carboxylic acids is 2. The number of methoxy groups -OCH3 is 1. The lowest BCUT2D eigenvalue weighted by Gasteiger charge is -2.12. The Labute approximate surface area is 165 Å². The number of nitro groups is 1. The van der Waals surface area contributed by atoms with E-state index in [0.29, 0.717) is 10.6 Å². The summed E-state index contributed by atoms with van der Waals surface area (Å²) in [4.78, 5) is 39.2. The summed E-state index contributed by atoms with van der Waals surface area (Å²) < 4.78 is 4.63. The number of carbonyl (C=O) groups is 2. The summed E-state index contributed by atoms with van der Waals surface area (Å²) in [6.45, 7) is 0.0185. The number of halogens is 1. The summed E-state index contributed by atoms with van der Waals surface area (Å²) in [6.07, 6.45) is 1.08. The Morgan fingerprint density at radius 1 is 1.29 bits per heavy atom. The average Bonchev–Trinajstić information content (AvgIpc) is 2.69.